The molecule has 1 unspecified atom stereocenters. The Balaban J connectivity index is 1.68. The largest absolute Gasteiger partial charge is 0.322 e. The molecule has 3 rings (SSSR count). The van der Waals surface area contributed by atoms with Crippen molar-refractivity contribution in [3.8, 4) is 0 Å². The first-order valence-electron chi connectivity index (χ1n) is 7.44. The van der Waals surface area contributed by atoms with E-state index < -0.39 is 0 Å². The molecule has 1 atom stereocenters. The Morgan fingerprint density at radius 2 is 2.10 bits per heavy atom. The molecule has 1 saturated carbocycles. The van der Waals surface area contributed by atoms with Gasteiger partial charge < -0.3 is 10.2 Å². The number of carbonyl (C=O) groups excluding carboxylic acids is 1. The van der Waals surface area contributed by atoms with Gasteiger partial charge in [-0.15, -0.1) is 0 Å². The van der Waals surface area contributed by atoms with E-state index in [-0.39, 0.29) is 6.03 Å². The van der Waals surface area contributed by atoms with E-state index in [0.29, 0.717) is 22.8 Å². The van der Waals surface area contributed by atoms with Crippen molar-refractivity contribution in [1.29, 1.82) is 0 Å². The van der Waals surface area contributed by atoms with Crippen molar-refractivity contribution in [2.24, 2.45) is 5.92 Å². The minimum atomic E-state index is -0.0331. The van der Waals surface area contributed by atoms with Gasteiger partial charge in [0, 0.05) is 18.8 Å². The van der Waals surface area contributed by atoms with E-state index in [1.807, 2.05) is 4.90 Å². The molecule has 1 aromatic rings. The number of carbonyl (C=O) groups is 1. The first kappa shape index (κ1) is 13.7. The first-order chi connectivity index (χ1) is 9.75. The highest BCUT2D eigenvalue weighted by atomic mass is 35.5. The second-order valence-electron chi connectivity index (χ2n) is 5.72. The normalized spacial score (nSPS) is 23.2. The lowest BCUT2D eigenvalue weighted by molar-refractivity contribution is 0.185. The summed E-state index contributed by atoms with van der Waals surface area (Å²) < 4.78 is 0. The summed E-state index contributed by atoms with van der Waals surface area (Å²) in [5, 5.41) is 3.24. The average molecular weight is 294 g/mol. The predicted molar refractivity (Wildman–Crippen MR) is 80.0 cm³/mol. The van der Waals surface area contributed by atoms with Crippen LogP contribution in [-0.2, 0) is 0 Å². The molecule has 0 bridgehead atoms. The molecule has 108 valence electrons. The lowest BCUT2D eigenvalue weighted by atomic mass is 9.96. The molecular weight excluding hydrogens is 274 g/mol. The van der Waals surface area contributed by atoms with Crippen molar-refractivity contribution < 1.29 is 4.79 Å². The van der Waals surface area contributed by atoms with Crippen molar-refractivity contribution in [3.63, 3.8) is 0 Å². The molecule has 1 aromatic heterocycles. The van der Waals surface area contributed by atoms with Gasteiger partial charge in [-0.25, -0.2) is 9.78 Å². The third-order valence-corrected chi connectivity index (χ3v) is 4.81. The van der Waals surface area contributed by atoms with Gasteiger partial charge in [0.05, 0.1) is 5.69 Å². The van der Waals surface area contributed by atoms with Crippen LogP contribution in [0.4, 0.5) is 10.5 Å². The van der Waals surface area contributed by atoms with Crippen molar-refractivity contribution >= 4 is 23.3 Å². The Hall–Kier alpha value is -1.29. The zero-order valence-corrected chi connectivity index (χ0v) is 12.3. The van der Waals surface area contributed by atoms with E-state index in [1.165, 1.54) is 25.7 Å². The maximum Gasteiger partial charge on any atom is 0.322 e. The topological polar surface area (TPSA) is 45.2 Å². The molecule has 0 radical (unpaired) electrons. The predicted octanol–water partition coefficient (Wildman–Crippen LogP) is 3.92. The quantitative estimate of drug-likeness (QED) is 0.840. The maximum absolute atomic E-state index is 12.5. The number of amides is 2. The summed E-state index contributed by atoms with van der Waals surface area (Å²) in [5.41, 5.74) is 0.594. The zero-order chi connectivity index (χ0) is 13.9. The summed E-state index contributed by atoms with van der Waals surface area (Å²) >= 11 is 5.99. The van der Waals surface area contributed by atoms with E-state index in [9.17, 15) is 4.79 Å². The van der Waals surface area contributed by atoms with Crippen LogP contribution < -0.4 is 5.32 Å². The number of nitrogens with one attached hydrogen (secondary N) is 1. The summed E-state index contributed by atoms with van der Waals surface area (Å²) in [7, 11) is 0. The number of rotatable bonds is 2. The fraction of sp³-hybridized carbons (Fsp3) is 0.600. The van der Waals surface area contributed by atoms with Gasteiger partial charge in [-0.2, -0.15) is 0 Å². The van der Waals surface area contributed by atoms with Gasteiger partial charge in [0.2, 0.25) is 0 Å². The molecule has 0 aromatic carbocycles. The minimum Gasteiger partial charge on any atom is -0.321 e. The number of hydrogen-bond donors (Lipinski definition) is 1. The van der Waals surface area contributed by atoms with Gasteiger partial charge in [-0.3, -0.25) is 0 Å². The molecule has 5 heteroatoms. The van der Waals surface area contributed by atoms with E-state index in [2.05, 4.69) is 10.3 Å². The van der Waals surface area contributed by atoms with E-state index in [1.54, 1.807) is 18.3 Å². The third-order valence-electron chi connectivity index (χ3n) is 4.50. The van der Waals surface area contributed by atoms with Crippen LogP contribution in [0.15, 0.2) is 18.3 Å². The van der Waals surface area contributed by atoms with Crippen LogP contribution in [0.1, 0.15) is 38.5 Å². The number of nitrogens with zero attached hydrogens (tertiary/aromatic N) is 2. The zero-order valence-electron chi connectivity index (χ0n) is 11.5. The molecule has 2 fully saturated rings. The summed E-state index contributed by atoms with van der Waals surface area (Å²) in [6.45, 7) is 0.852. The van der Waals surface area contributed by atoms with Gasteiger partial charge in [0.25, 0.3) is 0 Å². The number of likely N-dealkylation sites (tertiary alicyclic amines) is 1. The minimum absolute atomic E-state index is 0.0331. The first-order valence-corrected chi connectivity index (χ1v) is 7.81. The number of hydrogen-bond acceptors (Lipinski definition) is 2. The van der Waals surface area contributed by atoms with Gasteiger partial charge in [0.15, 0.2) is 5.15 Å². The van der Waals surface area contributed by atoms with Gasteiger partial charge in [0.1, 0.15) is 0 Å². The molecule has 1 aliphatic heterocycles. The van der Waals surface area contributed by atoms with Gasteiger partial charge in [-0.1, -0.05) is 24.4 Å². The summed E-state index contributed by atoms with van der Waals surface area (Å²) in [6.07, 6.45) is 9.02. The monoisotopic (exact) mass is 293 g/mol. The Bertz CT molecular complexity index is 488. The molecule has 2 heterocycles. The summed E-state index contributed by atoms with van der Waals surface area (Å²) in [4.78, 5) is 18.4. The summed E-state index contributed by atoms with van der Waals surface area (Å²) in [6, 6.07) is 3.94. The highest BCUT2D eigenvalue weighted by Gasteiger charge is 2.35. The number of anilines is 1. The van der Waals surface area contributed by atoms with E-state index >= 15 is 0 Å². The smallest absolute Gasteiger partial charge is 0.321 e. The number of urea groups is 1. The van der Waals surface area contributed by atoms with Crippen molar-refractivity contribution in [1.82, 2.24) is 9.88 Å². The van der Waals surface area contributed by atoms with Crippen LogP contribution in [0.5, 0.6) is 0 Å². The van der Waals surface area contributed by atoms with E-state index in [4.69, 9.17) is 11.6 Å². The highest BCUT2D eigenvalue weighted by molar-refractivity contribution is 6.32. The lowest BCUT2D eigenvalue weighted by Crippen LogP contribution is -2.42. The van der Waals surface area contributed by atoms with Crippen LogP contribution in [0, 0.1) is 5.92 Å². The lowest BCUT2D eigenvalue weighted by Gasteiger charge is -2.29. The molecule has 2 amide bonds. The molecule has 0 spiro atoms. The number of aromatic nitrogens is 1. The average Bonchev–Trinajstić information content (AvgIpc) is 3.11. The maximum atomic E-state index is 12.5. The Labute approximate surface area is 124 Å². The fourth-order valence-corrected chi connectivity index (χ4v) is 3.71. The molecule has 1 saturated heterocycles. The highest BCUT2D eigenvalue weighted by Crippen LogP contribution is 2.35. The molecule has 4 nitrogen and oxygen atoms in total. The third kappa shape index (κ3) is 2.75. The van der Waals surface area contributed by atoms with Gasteiger partial charge in [-0.05, 0) is 43.7 Å². The van der Waals surface area contributed by atoms with E-state index in [0.717, 1.165) is 19.4 Å². The van der Waals surface area contributed by atoms with Crippen LogP contribution in [0.3, 0.4) is 0 Å². The van der Waals surface area contributed by atoms with Crippen molar-refractivity contribution in [3.05, 3.63) is 23.5 Å². The van der Waals surface area contributed by atoms with Crippen molar-refractivity contribution in [2.45, 2.75) is 44.6 Å². The molecule has 1 N–H and O–H groups in total. The number of pyridine rings is 1. The molecule has 2 aliphatic rings. The Morgan fingerprint density at radius 1 is 1.30 bits per heavy atom. The summed E-state index contributed by atoms with van der Waals surface area (Å²) in [5.74, 6) is 0.688. The SMILES string of the molecule is O=C(Nc1cccnc1Cl)N1CCCC1C1CCCC1. The standard InChI is InChI=1S/C15H20ClN3O/c16-14-12(7-3-9-17-14)18-15(20)19-10-4-8-13(19)11-5-1-2-6-11/h3,7,9,11,13H,1-2,4-6,8,10H2,(H,18,20). The second kappa shape index (κ2) is 6.00. The Kier molecular flexibility index (Phi) is 4.10. The molecular formula is C15H20ClN3O. The molecule has 20 heavy (non-hydrogen) atoms. The Morgan fingerprint density at radius 3 is 2.85 bits per heavy atom. The van der Waals surface area contributed by atoms with Crippen LogP contribution >= 0.6 is 11.6 Å². The molecule has 1 aliphatic carbocycles. The van der Waals surface area contributed by atoms with Crippen LogP contribution in [-0.4, -0.2) is 28.5 Å². The van der Waals surface area contributed by atoms with Crippen LogP contribution in [0.2, 0.25) is 5.15 Å². The van der Waals surface area contributed by atoms with Crippen molar-refractivity contribution in [2.75, 3.05) is 11.9 Å². The second-order valence-corrected chi connectivity index (χ2v) is 6.08. The number of halogens is 1. The van der Waals surface area contributed by atoms with Crippen LogP contribution in [0.25, 0.3) is 0 Å². The fourth-order valence-electron chi connectivity index (χ4n) is 3.54. The van der Waals surface area contributed by atoms with Gasteiger partial charge >= 0.3 is 6.03 Å².